The number of carboxylic acids is 1. The van der Waals surface area contributed by atoms with Crippen molar-refractivity contribution >= 4 is 46.3 Å². The Morgan fingerprint density at radius 3 is 2.47 bits per heavy atom. The Balaban J connectivity index is 1.77. The molecule has 0 bridgehead atoms. The van der Waals surface area contributed by atoms with Crippen LogP contribution in [0.15, 0.2) is 59.3 Å². The second kappa shape index (κ2) is 8.74. The highest BCUT2D eigenvalue weighted by atomic mass is 16.5. The van der Waals surface area contributed by atoms with Crippen LogP contribution in [0.2, 0.25) is 0 Å². The SMILES string of the molecule is COC(=O)C(C)n1cc(/C=C2\C(=O)N(c3ccc(C(=O)O)cc3)N=C2N)c2cc(OC)ccc21. The number of nitrogens with zero attached hydrogens (tertiary/aromatic N) is 3. The molecule has 4 rings (SSSR count). The van der Waals surface area contributed by atoms with Crippen LogP contribution in [0.25, 0.3) is 17.0 Å². The molecule has 1 unspecified atom stereocenters. The van der Waals surface area contributed by atoms with E-state index < -0.39 is 23.9 Å². The van der Waals surface area contributed by atoms with Crippen molar-refractivity contribution in [1.82, 2.24) is 4.57 Å². The molecule has 0 saturated heterocycles. The van der Waals surface area contributed by atoms with Gasteiger partial charge in [-0.2, -0.15) is 5.01 Å². The van der Waals surface area contributed by atoms with Gasteiger partial charge in [0.1, 0.15) is 11.8 Å². The quantitative estimate of drug-likeness (QED) is 0.425. The zero-order chi connectivity index (χ0) is 24.6. The minimum Gasteiger partial charge on any atom is -0.497 e. The Bertz CT molecular complexity index is 1370. The van der Waals surface area contributed by atoms with Crippen molar-refractivity contribution < 1.29 is 29.0 Å². The number of carbonyl (C=O) groups excluding carboxylic acids is 2. The van der Waals surface area contributed by atoms with E-state index in [0.717, 1.165) is 15.9 Å². The number of ether oxygens (including phenoxy) is 2. The average Bonchev–Trinajstić information content (AvgIpc) is 3.35. The lowest BCUT2D eigenvalue weighted by Gasteiger charge is -2.12. The molecule has 0 fully saturated rings. The van der Waals surface area contributed by atoms with Crippen LogP contribution in [0.5, 0.6) is 5.75 Å². The van der Waals surface area contributed by atoms with Gasteiger partial charge in [-0.15, -0.1) is 5.10 Å². The van der Waals surface area contributed by atoms with E-state index >= 15 is 0 Å². The normalized spacial score (nSPS) is 15.5. The number of rotatable bonds is 6. The minimum absolute atomic E-state index is 0.0112. The van der Waals surface area contributed by atoms with Gasteiger partial charge in [0.2, 0.25) is 0 Å². The summed E-state index contributed by atoms with van der Waals surface area (Å²) < 4.78 is 12.0. The molecule has 1 amide bonds. The van der Waals surface area contributed by atoms with Crippen molar-refractivity contribution in [2.24, 2.45) is 10.8 Å². The summed E-state index contributed by atoms with van der Waals surface area (Å²) in [6, 6.07) is 10.5. The maximum Gasteiger partial charge on any atom is 0.335 e. The lowest BCUT2D eigenvalue weighted by Crippen LogP contribution is -2.22. The van der Waals surface area contributed by atoms with Crippen LogP contribution >= 0.6 is 0 Å². The smallest absolute Gasteiger partial charge is 0.335 e. The van der Waals surface area contributed by atoms with Crippen molar-refractivity contribution in [3.63, 3.8) is 0 Å². The van der Waals surface area contributed by atoms with Crippen LogP contribution in [0.3, 0.4) is 0 Å². The first kappa shape index (κ1) is 22.6. The number of carbonyl (C=O) groups is 3. The van der Waals surface area contributed by atoms with Crippen LogP contribution in [0, 0.1) is 0 Å². The maximum atomic E-state index is 13.1. The number of benzene rings is 2. The van der Waals surface area contributed by atoms with Crippen LogP contribution in [-0.4, -0.2) is 47.6 Å². The lowest BCUT2D eigenvalue weighted by atomic mass is 10.1. The highest BCUT2D eigenvalue weighted by Gasteiger charge is 2.30. The molecule has 1 aliphatic rings. The third-order valence-corrected chi connectivity index (χ3v) is 5.60. The van der Waals surface area contributed by atoms with E-state index in [0.29, 0.717) is 17.0 Å². The molecule has 10 heteroatoms. The first-order valence-electron chi connectivity index (χ1n) is 10.3. The van der Waals surface area contributed by atoms with Gasteiger partial charge >= 0.3 is 11.9 Å². The molecule has 1 atom stereocenters. The summed E-state index contributed by atoms with van der Waals surface area (Å²) in [7, 11) is 2.87. The molecule has 0 spiro atoms. The highest BCUT2D eigenvalue weighted by Crippen LogP contribution is 2.32. The molecule has 3 N–H and O–H groups in total. The first-order chi connectivity index (χ1) is 16.2. The largest absolute Gasteiger partial charge is 0.497 e. The molecule has 0 radical (unpaired) electrons. The third-order valence-electron chi connectivity index (χ3n) is 5.60. The Hall–Kier alpha value is -4.60. The van der Waals surface area contributed by atoms with Gasteiger partial charge in [-0.3, -0.25) is 4.79 Å². The average molecular weight is 462 g/mol. The number of amides is 1. The molecule has 2 aromatic carbocycles. The fourth-order valence-corrected chi connectivity index (χ4v) is 3.75. The summed E-state index contributed by atoms with van der Waals surface area (Å²) >= 11 is 0. The first-order valence-corrected chi connectivity index (χ1v) is 10.3. The van der Waals surface area contributed by atoms with Gasteiger partial charge < -0.3 is 24.9 Å². The van der Waals surface area contributed by atoms with Crippen molar-refractivity contribution in [3.8, 4) is 5.75 Å². The molecular weight excluding hydrogens is 440 g/mol. The number of esters is 1. The number of methoxy groups -OCH3 is 2. The molecular formula is C24H22N4O6. The van der Waals surface area contributed by atoms with Gasteiger partial charge in [-0.25, -0.2) is 9.59 Å². The molecule has 3 aromatic rings. The molecule has 0 aliphatic carbocycles. The Labute approximate surface area is 194 Å². The second-order valence-corrected chi connectivity index (χ2v) is 7.59. The van der Waals surface area contributed by atoms with E-state index in [1.54, 1.807) is 43.0 Å². The van der Waals surface area contributed by atoms with Gasteiger partial charge in [0.05, 0.1) is 31.0 Å². The monoisotopic (exact) mass is 462 g/mol. The molecule has 1 aromatic heterocycles. The predicted octanol–water partition coefficient (Wildman–Crippen LogP) is 2.78. The zero-order valence-electron chi connectivity index (χ0n) is 18.7. The van der Waals surface area contributed by atoms with E-state index in [9.17, 15) is 14.4 Å². The molecule has 10 nitrogen and oxygen atoms in total. The van der Waals surface area contributed by atoms with Crippen LogP contribution in [0.1, 0.15) is 28.9 Å². The molecule has 1 aliphatic heterocycles. The van der Waals surface area contributed by atoms with E-state index in [1.165, 1.54) is 31.4 Å². The standard InChI is InChI=1S/C24H22N4O6/c1-13(24(32)34-3)27-12-15(18-11-17(33-2)8-9-20(18)27)10-19-21(25)26-28(22(19)29)16-6-4-14(5-7-16)23(30)31/h4-13H,1-3H3,(H2,25,26)(H,30,31)/b19-10-. The van der Waals surface area contributed by atoms with Gasteiger partial charge in [-0.05, 0) is 55.5 Å². The van der Waals surface area contributed by atoms with Crippen molar-refractivity contribution in [3.05, 3.63) is 65.4 Å². The number of aromatic carboxylic acids is 1. The summed E-state index contributed by atoms with van der Waals surface area (Å²) in [5.41, 5.74) is 8.08. The summed E-state index contributed by atoms with van der Waals surface area (Å²) in [5.74, 6) is -1.34. The van der Waals surface area contributed by atoms with E-state index in [2.05, 4.69) is 5.10 Å². The van der Waals surface area contributed by atoms with Crippen molar-refractivity contribution in [2.45, 2.75) is 13.0 Å². The molecule has 2 heterocycles. The maximum absolute atomic E-state index is 13.1. The molecule has 34 heavy (non-hydrogen) atoms. The summed E-state index contributed by atoms with van der Waals surface area (Å²) in [6.07, 6.45) is 3.35. The third kappa shape index (κ3) is 3.85. The van der Waals surface area contributed by atoms with E-state index in [4.69, 9.17) is 20.3 Å². The number of hydrazone groups is 1. The number of fused-ring (bicyclic) bond motifs is 1. The summed E-state index contributed by atoms with van der Waals surface area (Å²) in [4.78, 5) is 36.4. The number of amidine groups is 1. The van der Waals surface area contributed by atoms with Crippen molar-refractivity contribution in [2.75, 3.05) is 19.2 Å². The minimum atomic E-state index is -1.07. The highest BCUT2D eigenvalue weighted by molar-refractivity contribution is 6.32. The Morgan fingerprint density at radius 2 is 1.85 bits per heavy atom. The van der Waals surface area contributed by atoms with E-state index in [-0.39, 0.29) is 17.0 Å². The second-order valence-electron chi connectivity index (χ2n) is 7.59. The fourth-order valence-electron chi connectivity index (χ4n) is 3.75. The van der Waals surface area contributed by atoms with Crippen LogP contribution in [0.4, 0.5) is 5.69 Å². The number of aromatic nitrogens is 1. The predicted molar refractivity (Wildman–Crippen MR) is 126 cm³/mol. The topological polar surface area (TPSA) is 136 Å². The molecule has 0 saturated carbocycles. The zero-order valence-corrected chi connectivity index (χ0v) is 18.7. The molecule has 174 valence electrons. The van der Waals surface area contributed by atoms with Crippen LogP contribution < -0.4 is 15.5 Å². The summed E-state index contributed by atoms with van der Waals surface area (Å²) in [6.45, 7) is 1.71. The van der Waals surface area contributed by atoms with Crippen molar-refractivity contribution in [1.29, 1.82) is 0 Å². The summed E-state index contributed by atoms with van der Waals surface area (Å²) in [5, 5.41) is 15.1. The van der Waals surface area contributed by atoms with Gasteiger partial charge in [0, 0.05) is 22.7 Å². The Morgan fingerprint density at radius 1 is 1.15 bits per heavy atom. The fraction of sp³-hybridized carbons (Fsp3) is 0.167. The number of anilines is 1. The number of nitrogens with two attached hydrogens (primary N) is 1. The van der Waals surface area contributed by atoms with Gasteiger partial charge in [0.15, 0.2) is 5.84 Å². The Kier molecular flexibility index (Phi) is 5.80. The van der Waals surface area contributed by atoms with E-state index in [1.807, 2.05) is 6.07 Å². The van der Waals surface area contributed by atoms with Gasteiger partial charge in [-0.1, -0.05) is 0 Å². The number of hydrogen-bond donors (Lipinski definition) is 2. The number of carboxylic acid groups (broad SMARTS) is 1. The number of hydrogen-bond acceptors (Lipinski definition) is 7. The van der Waals surface area contributed by atoms with Crippen LogP contribution in [-0.2, 0) is 14.3 Å². The lowest BCUT2D eigenvalue weighted by molar-refractivity contribution is -0.143. The van der Waals surface area contributed by atoms with Gasteiger partial charge in [0.25, 0.3) is 5.91 Å².